The van der Waals surface area contributed by atoms with Crippen LogP contribution in [0.15, 0.2) is 28.1 Å². The van der Waals surface area contributed by atoms with E-state index in [2.05, 4.69) is 37.8 Å². The normalized spacial score (nSPS) is 12.6. The Labute approximate surface area is 118 Å². The first kappa shape index (κ1) is 13.6. The monoisotopic (exact) mass is 329 g/mol. The van der Waals surface area contributed by atoms with Crippen LogP contribution in [-0.2, 0) is 0 Å². The molecular formula is C12H13BrFN3S. The van der Waals surface area contributed by atoms with Crippen LogP contribution >= 0.6 is 27.5 Å². The fourth-order valence-corrected chi connectivity index (χ4v) is 2.56. The van der Waals surface area contributed by atoms with E-state index in [-0.39, 0.29) is 11.9 Å². The van der Waals surface area contributed by atoms with Crippen LogP contribution in [0.25, 0.3) is 0 Å². The van der Waals surface area contributed by atoms with Gasteiger partial charge in [0, 0.05) is 10.9 Å². The molecule has 0 aliphatic heterocycles. The Morgan fingerprint density at radius 2 is 2.33 bits per heavy atom. The lowest BCUT2D eigenvalue weighted by Crippen LogP contribution is -2.24. The highest BCUT2D eigenvalue weighted by Crippen LogP contribution is 2.27. The van der Waals surface area contributed by atoms with Crippen LogP contribution in [0, 0.1) is 5.82 Å². The molecule has 0 spiro atoms. The van der Waals surface area contributed by atoms with Crippen molar-refractivity contribution < 1.29 is 4.39 Å². The van der Waals surface area contributed by atoms with Crippen molar-refractivity contribution in [3.05, 3.63) is 45.1 Å². The van der Waals surface area contributed by atoms with E-state index in [9.17, 15) is 4.39 Å². The summed E-state index contributed by atoms with van der Waals surface area (Å²) in [7, 11) is 0. The first-order valence-corrected chi connectivity index (χ1v) is 7.31. The molecule has 0 saturated heterocycles. The maximum absolute atomic E-state index is 14.1. The smallest absolute Gasteiger partial charge is 0.142 e. The van der Waals surface area contributed by atoms with Gasteiger partial charge in [0.15, 0.2) is 0 Å². The predicted octanol–water partition coefficient (Wildman–Crippen LogP) is 3.53. The Morgan fingerprint density at radius 1 is 1.50 bits per heavy atom. The summed E-state index contributed by atoms with van der Waals surface area (Å²) in [5.41, 5.74) is 1.34. The molecule has 18 heavy (non-hydrogen) atoms. The Morgan fingerprint density at radius 3 is 3.00 bits per heavy atom. The van der Waals surface area contributed by atoms with Gasteiger partial charge in [-0.3, -0.25) is 0 Å². The van der Waals surface area contributed by atoms with Crippen LogP contribution in [0.3, 0.4) is 0 Å². The molecule has 0 bridgehead atoms. The minimum atomic E-state index is -0.251. The summed E-state index contributed by atoms with van der Waals surface area (Å²) >= 11 is 4.48. The molecule has 0 aliphatic carbocycles. The third-order valence-electron chi connectivity index (χ3n) is 2.56. The van der Waals surface area contributed by atoms with Crippen molar-refractivity contribution in [2.45, 2.75) is 19.4 Å². The number of benzene rings is 1. The van der Waals surface area contributed by atoms with Gasteiger partial charge in [-0.1, -0.05) is 23.5 Å². The molecule has 0 fully saturated rings. The molecule has 3 nitrogen and oxygen atoms in total. The summed E-state index contributed by atoms with van der Waals surface area (Å²) in [5, 5.41) is 9.18. The van der Waals surface area contributed by atoms with Crippen LogP contribution in [0.4, 0.5) is 4.39 Å². The van der Waals surface area contributed by atoms with E-state index in [0.29, 0.717) is 10.0 Å². The molecule has 1 atom stereocenters. The second kappa shape index (κ2) is 6.36. The van der Waals surface area contributed by atoms with Crippen molar-refractivity contribution in [2.75, 3.05) is 6.54 Å². The second-order valence-electron chi connectivity index (χ2n) is 3.86. The first-order chi connectivity index (χ1) is 8.74. The van der Waals surface area contributed by atoms with E-state index in [1.807, 2.05) is 11.4 Å². The van der Waals surface area contributed by atoms with E-state index < -0.39 is 0 Å². The van der Waals surface area contributed by atoms with E-state index >= 15 is 0 Å². The van der Waals surface area contributed by atoms with Crippen LogP contribution in [0.2, 0.25) is 0 Å². The Bertz CT molecular complexity index is 504. The third-order valence-corrected chi connectivity index (χ3v) is 3.70. The highest BCUT2D eigenvalue weighted by molar-refractivity contribution is 9.10. The average molecular weight is 330 g/mol. The number of nitrogens with zero attached hydrogens (tertiary/aromatic N) is 2. The fraction of sp³-hybridized carbons (Fsp3) is 0.333. The van der Waals surface area contributed by atoms with Gasteiger partial charge in [-0.15, -0.1) is 5.10 Å². The Balaban J connectivity index is 2.37. The van der Waals surface area contributed by atoms with Gasteiger partial charge in [0.25, 0.3) is 0 Å². The summed E-state index contributed by atoms with van der Waals surface area (Å²) in [6.07, 6.45) is 0.976. The summed E-state index contributed by atoms with van der Waals surface area (Å²) in [5.74, 6) is -0.251. The molecule has 0 saturated carbocycles. The summed E-state index contributed by atoms with van der Waals surface area (Å²) < 4.78 is 18.4. The van der Waals surface area contributed by atoms with E-state index in [1.165, 1.54) is 11.5 Å². The molecular weight excluding hydrogens is 317 g/mol. The van der Waals surface area contributed by atoms with Crippen molar-refractivity contribution in [2.24, 2.45) is 0 Å². The van der Waals surface area contributed by atoms with Crippen molar-refractivity contribution in [3.8, 4) is 0 Å². The molecule has 0 amide bonds. The number of nitrogens with one attached hydrogen (secondary N) is 1. The number of hydrogen-bond donors (Lipinski definition) is 1. The second-order valence-corrected chi connectivity index (χ2v) is 5.32. The molecule has 6 heteroatoms. The quantitative estimate of drug-likeness (QED) is 0.911. The van der Waals surface area contributed by atoms with Gasteiger partial charge in [0.2, 0.25) is 0 Å². The van der Waals surface area contributed by atoms with Gasteiger partial charge in [-0.05, 0) is 46.5 Å². The van der Waals surface area contributed by atoms with Crippen molar-refractivity contribution >= 4 is 27.5 Å². The molecule has 0 aliphatic rings. The number of rotatable bonds is 5. The lowest BCUT2D eigenvalue weighted by Gasteiger charge is -2.17. The minimum Gasteiger partial charge on any atom is -0.305 e. The SMILES string of the molecule is CCCNC(c1csnn1)c1cccc(Br)c1F. The molecule has 1 heterocycles. The van der Waals surface area contributed by atoms with Crippen molar-refractivity contribution in [3.63, 3.8) is 0 Å². The number of aromatic nitrogens is 2. The van der Waals surface area contributed by atoms with Crippen molar-refractivity contribution in [1.29, 1.82) is 0 Å². The number of hydrogen-bond acceptors (Lipinski definition) is 4. The maximum Gasteiger partial charge on any atom is 0.142 e. The van der Waals surface area contributed by atoms with Crippen molar-refractivity contribution in [1.82, 2.24) is 14.9 Å². The van der Waals surface area contributed by atoms with Gasteiger partial charge in [-0.25, -0.2) is 4.39 Å². The highest BCUT2D eigenvalue weighted by Gasteiger charge is 2.20. The Hall–Kier alpha value is -0.850. The van der Waals surface area contributed by atoms with Gasteiger partial charge < -0.3 is 5.32 Å². The van der Waals surface area contributed by atoms with Crippen LogP contribution < -0.4 is 5.32 Å². The van der Waals surface area contributed by atoms with E-state index in [4.69, 9.17) is 0 Å². The molecule has 0 radical (unpaired) electrons. The van der Waals surface area contributed by atoms with Gasteiger partial charge >= 0.3 is 0 Å². The van der Waals surface area contributed by atoms with Gasteiger partial charge in [-0.2, -0.15) is 0 Å². The predicted molar refractivity (Wildman–Crippen MR) is 74.1 cm³/mol. The lowest BCUT2D eigenvalue weighted by atomic mass is 10.0. The zero-order chi connectivity index (χ0) is 13.0. The summed E-state index contributed by atoms with van der Waals surface area (Å²) in [4.78, 5) is 0. The van der Waals surface area contributed by atoms with E-state index in [1.54, 1.807) is 12.1 Å². The molecule has 1 N–H and O–H groups in total. The van der Waals surface area contributed by atoms with Crippen LogP contribution in [-0.4, -0.2) is 16.1 Å². The molecule has 2 rings (SSSR count). The summed E-state index contributed by atoms with van der Waals surface area (Å²) in [6.45, 7) is 2.87. The fourth-order valence-electron chi connectivity index (χ4n) is 1.70. The zero-order valence-corrected chi connectivity index (χ0v) is 12.3. The standard InChI is InChI=1S/C12H13BrFN3S/c1-2-6-15-12(10-7-18-17-16-10)8-4-3-5-9(13)11(8)14/h3-5,7,12,15H,2,6H2,1H3. The third kappa shape index (κ3) is 2.93. The molecule has 96 valence electrons. The highest BCUT2D eigenvalue weighted by atomic mass is 79.9. The average Bonchev–Trinajstić information content (AvgIpc) is 2.88. The van der Waals surface area contributed by atoms with E-state index in [0.717, 1.165) is 18.7 Å². The molecule has 1 unspecified atom stereocenters. The topological polar surface area (TPSA) is 37.8 Å². The minimum absolute atomic E-state index is 0.249. The van der Waals surface area contributed by atoms with Crippen LogP contribution in [0.5, 0.6) is 0 Å². The van der Waals surface area contributed by atoms with Gasteiger partial charge in [0.05, 0.1) is 16.2 Å². The largest absolute Gasteiger partial charge is 0.305 e. The Kier molecular flexibility index (Phi) is 4.79. The molecule has 1 aromatic carbocycles. The van der Waals surface area contributed by atoms with Crippen LogP contribution in [0.1, 0.15) is 30.6 Å². The number of halogens is 2. The molecule has 2 aromatic rings. The first-order valence-electron chi connectivity index (χ1n) is 5.68. The van der Waals surface area contributed by atoms with Gasteiger partial charge in [0.1, 0.15) is 5.82 Å². The summed E-state index contributed by atoms with van der Waals surface area (Å²) in [6, 6.07) is 5.03. The zero-order valence-electron chi connectivity index (χ0n) is 9.86. The lowest BCUT2D eigenvalue weighted by molar-refractivity contribution is 0.535. The molecule has 1 aromatic heterocycles. The maximum atomic E-state index is 14.1.